The molecule has 1 amide bonds. The van der Waals surface area contributed by atoms with Crippen molar-refractivity contribution in [3.8, 4) is 6.07 Å². The Morgan fingerprint density at radius 3 is 2.56 bits per heavy atom. The summed E-state index contributed by atoms with van der Waals surface area (Å²) in [6.07, 6.45) is 1.10. The van der Waals surface area contributed by atoms with Crippen LogP contribution >= 0.6 is 0 Å². The number of sulfonamides is 1. The van der Waals surface area contributed by atoms with Crippen molar-refractivity contribution in [1.82, 2.24) is 9.21 Å². The van der Waals surface area contributed by atoms with E-state index >= 15 is 0 Å². The van der Waals surface area contributed by atoms with Crippen molar-refractivity contribution in [2.75, 3.05) is 20.1 Å². The van der Waals surface area contributed by atoms with Gasteiger partial charge in [0.2, 0.25) is 15.9 Å². The Kier molecular flexibility index (Phi) is 6.20. The normalized spacial score (nSPS) is 16.6. The summed E-state index contributed by atoms with van der Waals surface area (Å²) in [5.41, 5.74) is 1.06. The van der Waals surface area contributed by atoms with E-state index in [2.05, 4.69) is 0 Å². The van der Waals surface area contributed by atoms with Crippen molar-refractivity contribution in [2.24, 2.45) is 5.92 Å². The molecule has 1 heterocycles. The molecule has 2 rings (SSSR count). The number of hydrogen-bond donors (Lipinski definition) is 0. The summed E-state index contributed by atoms with van der Waals surface area (Å²) >= 11 is 0. The molecule has 0 radical (unpaired) electrons. The molecule has 6 nitrogen and oxygen atoms in total. The first kappa shape index (κ1) is 19.4. The van der Waals surface area contributed by atoms with Crippen LogP contribution in [0.5, 0.6) is 0 Å². The number of nitriles is 1. The van der Waals surface area contributed by atoms with Crippen LogP contribution in [0, 0.1) is 17.2 Å². The molecule has 0 atom stereocenters. The molecule has 7 heteroatoms. The van der Waals surface area contributed by atoms with Crippen molar-refractivity contribution in [1.29, 1.82) is 5.26 Å². The molecule has 136 valence electrons. The van der Waals surface area contributed by atoms with E-state index in [0.29, 0.717) is 37.1 Å². The molecule has 0 bridgehead atoms. The van der Waals surface area contributed by atoms with Gasteiger partial charge in [-0.05, 0) is 44.4 Å². The maximum absolute atomic E-state index is 12.6. The van der Waals surface area contributed by atoms with Crippen molar-refractivity contribution >= 4 is 15.9 Å². The zero-order valence-corrected chi connectivity index (χ0v) is 15.8. The average molecular weight is 363 g/mol. The molecule has 0 N–H and O–H groups in total. The first-order valence-corrected chi connectivity index (χ1v) is 10.1. The SMILES string of the molecule is CC(C)N(C)C(=O)C1CCN(S(=O)(=O)Cc2cccc(C#N)c2)CC1. The van der Waals surface area contributed by atoms with Gasteiger partial charge in [0.05, 0.1) is 17.4 Å². The Balaban J connectivity index is 1.99. The predicted molar refractivity (Wildman–Crippen MR) is 96.0 cm³/mol. The molecule has 1 fully saturated rings. The minimum absolute atomic E-state index is 0.0915. The first-order chi connectivity index (χ1) is 11.7. The first-order valence-electron chi connectivity index (χ1n) is 8.48. The van der Waals surface area contributed by atoms with Gasteiger partial charge >= 0.3 is 0 Å². The van der Waals surface area contributed by atoms with Crippen LogP contribution in [-0.4, -0.2) is 49.7 Å². The molecule has 1 aromatic carbocycles. The minimum Gasteiger partial charge on any atom is -0.343 e. The molecule has 1 aliphatic rings. The maximum atomic E-state index is 12.6. The van der Waals surface area contributed by atoms with E-state index in [-0.39, 0.29) is 23.6 Å². The summed E-state index contributed by atoms with van der Waals surface area (Å²) in [6.45, 7) is 4.66. The lowest BCUT2D eigenvalue weighted by Crippen LogP contribution is -2.45. The van der Waals surface area contributed by atoms with E-state index in [1.54, 1.807) is 36.2 Å². The smallest absolute Gasteiger partial charge is 0.225 e. The van der Waals surface area contributed by atoms with Gasteiger partial charge in [-0.3, -0.25) is 4.79 Å². The highest BCUT2D eigenvalue weighted by Gasteiger charge is 2.32. The lowest BCUT2D eigenvalue weighted by molar-refractivity contribution is -0.136. The molecule has 1 aliphatic heterocycles. The van der Waals surface area contributed by atoms with Crippen molar-refractivity contribution in [3.05, 3.63) is 35.4 Å². The number of amides is 1. The van der Waals surface area contributed by atoms with Crippen LogP contribution in [0.4, 0.5) is 0 Å². The summed E-state index contributed by atoms with van der Waals surface area (Å²) < 4.78 is 26.7. The van der Waals surface area contributed by atoms with E-state index in [1.807, 2.05) is 19.9 Å². The van der Waals surface area contributed by atoms with Gasteiger partial charge < -0.3 is 4.90 Å². The zero-order valence-electron chi connectivity index (χ0n) is 15.0. The molecule has 0 aromatic heterocycles. The summed E-state index contributed by atoms with van der Waals surface area (Å²) in [4.78, 5) is 14.1. The van der Waals surface area contributed by atoms with Gasteiger partial charge in [-0.2, -0.15) is 5.26 Å². The summed E-state index contributed by atoms with van der Waals surface area (Å²) in [5.74, 6) is -0.137. The lowest BCUT2D eigenvalue weighted by atomic mass is 9.96. The predicted octanol–water partition coefficient (Wildman–Crippen LogP) is 1.97. The number of nitrogens with zero attached hydrogens (tertiary/aromatic N) is 3. The third-order valence-electron chi connectivity index (χ3n) is 4.72. The van der Waals surface area contributed by atoms with E-state index in [9.17, 15) is 13.2 Å². The topological polar surface area (TPSA) is 81.5 Å². The summed E-state index contributed by atoms with van der Waals surface area (Å²) in [7, 11) is -1.66. The third-order valence-corrected chi connectivity index (χ3v) is 6.57. The number of carbonyl (C=O) groups is 1. The number of rotatable bonds is 5. The fraction of sp³-hybridized carbons (Fsp3) is 0.556. The van der Waals surface area contributed by atoms with Crippen LogP contribution < -0.4 is 0 Å². The van der Waals surface area contributed by atoms with Gasteiger partial charge in [0.1, 0.15) is 0 Å². The monoisotopic (exact) mass is 363 g/mol. The zero-order chi connectivity index (χ0) is 18.6. The molecular formula is C18H25N3O3S. The van der Waals surface area contributed by atoms with Gasteiger partial charge in [-0.1, -0.05) is 12.1 Å². The second-order valence-corrected chi connectivity index (χ2v) is 8.75. The molecule has 1 saturated heterocycles. The Hall–Kier alpha value is -1.91. The quantitative estimate of drug-likeness (QED) is 0.801. The van der Waals surface area contributed by atoms with Crippen molar-refractivity contribution in [3.63, 3.8) is 0 Å². The molecule has 1 aromatic rings. The highest BCUT2D eigenvalue weighted by Crippen LogP contribution is 2.23. The standard InChI is InChI=1S/C18H25N3O3S/c1-14(2)20(3)18(22)17-7-9-21(10-8-17)25(23,24)13-16-6-4-5-15(11-16)12-19/h4-6,11,14,17H,7-10,13H2,1-3H3. The summed E-state index contributed by atoms with van der Waals surface area (Å²) in [6, 6.07) is 8.82. The Morgan fingerprint density at radius 1 is 1.36 bits per heavy atom. The van der Waals surface area contributed by atoms with Crippen LogP contribution in [0.25, 0.3) is 0 Å². The summed E-state index contributed by atoms with van der Waals surface area (Å²) in [5, 5.41) is 8.93. The van der Waals surface area contributed by atoms with E-state index in [1.165, 1.54) is 4.31 Å². The highest BCUT2D eigenvalue weighted by atomic mass is 32.2. The fourth-order valence-electron chi connectivity index (χ4n) is 2.96. The van der Waals surface area contributed by atoms with Crippen LogP contribution in [0.3, 0.4) is 0 Å². The van der Waals surface area contributed by atoms with E-state index in [0.717, 1.165) is 0 Å². The molecule has 25 heavy (non-hydrogen) atoms. The molecule has 0 aliphatic carbocycles. The number of carbonyl (C=O) groups excluding carboxylic acids is 1. The van der Waals surface area contributed by atoms with Gasteiger partial charge in [0, 0.05) is 32.1 Å². The molecule has 0 saturated carbocycles. The molecule has 0 unspecified atom stereocenters. The van der Waals surface area contributed by atoms with Crippen LogP contribution in [0.2, 0.25) is 0 Å². The number of piperidine rings is 1. The lowest BCUT2D eigenvalue weighted by Gasteiger charge is -2.33. The van der Waals surface area contributed by atoms with Gasteiger partial charge in [0.15, 0.2) is 0 Å². The minimum atomic E-state index is -3.45. The van der Waals surface area contributed by atoms with E-state index < -0.39 is 10.0 Å². The maximum Gasteiger partial charge on any atom is 0.225 e. The van der Waals surface area contributed by atoms with Gasteiger partial charge in [0.25, 0.3) is 0 Å². The van der Waals surface area contributed by atoms with Crippen molar-refractivity contribution in [2.45, 2.75) is 38.5 Å². The second-order valence-electron chi connectivity index (χ2n) is 6.78. The molecule has 0 spiro atoms. The van der Waals surface area contributed by atoms with Crippen molar-refractivity contribution < 1.29 is 13.2 Å². The van der Waals surface area contributed by atoms with Gasteiger partial charge in [-0.25, -0.2) is 12.7 Å². The highest BCUT2D eigenvalue weighted by molar-refractivity contribution is 7.88. The van der Waals surface area contributed by atoms with Crippen LogP contribution in [-0.2, 0) is 20.6 Å². The Labute approximate surface area is 150 Å². The fourth-order valence-corrected chi connectivity index (χ4v) is 4.51. The van der Waals surface area contributed by atoms with E-state index in [4.69, 9.17) is 5.26 Å². The molecular weight excluding hydrogens is 338 g/mol. The largest absolute Gasteiger partial charge is 0.343 e. The number of benzene rings is 1. The third kappa shape index (κ3) is 4.80. The Morgan fingerprint density at radius 2 is 2.00 bits per heavy atom. The second kappa shape index (κ2) is 7.98. The number of hydrogen-bond acceptors (Lipinski definition) is 4. The van der Waals surface area contributed by atoms with Crippen LogP contribution in [0.15, 0.2) is 24.3 Å². The average Bonchev–Trinajstić information content (AvgIpc) is 2.60. The Bertz CT molecular complexity index is 760. The van der Waals surface area contributed by atoms with Gasteiger partial charge in [-0.15, -0.1) is 0 Å². The van der Waals surface area contributed by atoms with Crippen LogP contribution in [0.1, 0.15) is 37.8 Å².